The third-order valence-corrected chi connectivity index (χ3v) is 4.27. The Morgan fingerprint density at radius 1 is 1.38 bits per heavy atom. The number of benzene rings is 1. The topological polar surface area (TPSA) is 108 Å². The molecule has 3 aromatic rings. The molecule has 9 heteroatoms. The fraction of sp³-hybridized carbons (Fsp3) is 0.176. The quantitative estimate of drug-likeness (QED) is 0.412. The van der Waals surface area contributed by atoms with Crippen LogP contribution in [0.2, 0.25) is 0 Å². The molecule has 0 radical (unpaired) electrons. The summed E-state index contributed by atoms with van der Waals surface area (Å²) in [5, 5.41) is 24.1. The van der Waals surface area contributed by atoms with Crippen molar-refractivity contribution < 1.29 is 23.8 Å². The summed E-state index contributed by atoms with van der Waals surface area (Å²) >= 11 is 2.00. The molecule has 4 N–H and O–H groups in total. The molecule has 1 unspecified atom stereocenters. The molecule has 7 nitrogen and oxygen atoms in total. The minimum atomic E-state index is -1.09. The lowest BCUT2D eigenvalue weighted by Crippen LogP contribution is -2.33. The van der Waals surface area contributed by atoms with Crippen LogP contribution in [-0.4, -0.2) is 40.4 Å². The maximum atomic E-state index is 14.2. The number of hydrogen-bond donors (Lipinski definition) is 4. The van der Waals surface area contributed by atoms with Gasteiger partial charge in [0.15, 0.2) is 0 Å². The van der Waals surface area contributed by atoms with E-state index in [2.05, 4.69) is 15.6 Å². The molecular weight excluding hydrogens is 456 g/mol. The molecule has 0 saturated carbocycles. The van der Waals surface area contributed by atoms with Gasteiger partial charge in [0.1, 0.15) is 17.1 Å². The van der Waals surface area contributed by atoms with Gasteiger partial charge in [0, 0.05) is 22.5 Å². The van der Waals surface area contributed by atoms with Crippen LogP contribution in [0.25, 0.3) is 11.0 Å². The first-order valence-electron chi connectivity index (χ1n) is 7.65. The monoisotopic (exact) mass is 471 g/mol. The van der Waals surface area contributed by atoms with Gasteiger partial charge in [-0.05, 0) is 46.9 Å². The van der Waals surface area contributed by atoms with Gasteiger partial charge in [0.25, 0.3) is 5.91 Å². The summed E-state index contributed by atoms with van der Waals surface area (Å²) in [6.45, 7) is -0.634. The number of carbonyl (C=O) groups is 1. The molecule has 0 fully saturated rings. The summed E-state index contributed by atoms with van der Waals surface area (Å²) in [6.07, 6.45) is 1.93. The third-order valence-electron chi connectivity index (χ3n) is 3.60. The van der Waals surface area contributed by atoms with Crippen molar-refractivity contribution in [3.63, 3.8) is 0 Å². The van der Waals surface area contributed by atoms with E-state index in [1.807, 2.05) is 22.6 Å². The van der Waals surface area contributed by atoms with Gasteiger partial charge in [0.2, 0.25) is 5.76 Å². The second-order valence-corrected chi connectivity index (χ2v) is 6.72. The number of amides is 1. The molecule has 0 aliphatic carbocycles. The minimum Gasteiger partial charge on any atom is -0.448 e. The van der Waals surface area contributed by atoms with Gasteiger partial charge in [-0.2, -0.15) is 0 Å². The number of nitrogens with zero attached hydrogens (tertiary/aromatic N) is 1. The highest BCUT2D eigenvalue weighted by Gasteiger charge is 2.22. The zero-order valence-electron chi connectivity index (χ0n) is 13.4. The Bertz CT molecular complexity index is 947. The van der Waals surface area contributed by atoms with E-state index >= 15 is 0 Å². The van der Waals surface area contributed by atoms with E-state index in [-0.39, 0.29) is 23.7 Å². The highest BCUT2D eigenvalue weighted by Crippen LogP contribution is 2.33. The maximum Gasteiger partial charge on any atom is 0.289 e. The Kier molecular flexibility index (Phi) is 5.69. The van der Waals surface area contributed by atoms with Gasteiger partial charge < -0.3 is 25.3 Å². The fourth-order valence-corrected chi connectivity index (χ4v) is 2.76. The van der Waals surface area contributed by atoms with E-state index < -0.39 is 24.4 Å². The number of anilines is 2. The average Bonchev–Trinajstić information content (AvgIpc) is 3.00. The number of rotatable bonds is 6. The van der Waals surface area contributed by atoms with Crippen molar-refractivity contribution in [3.8, 4) is 0 Å². The maximum absolute atomic E-state index is 14.2. The standard InChI is InChI=1S/C17H15FIN3O4/c18-12-5-9(19)1-2-13(12)22-15-11-7-20-4-3-14(11)26-16(15)17(25)21-6-10(24)8-23/h1-5,7,10,22-24H,6,8H2,(H,21,25). The molecule has 0 aliphatic rings. The van der Waals surface area contributed by atoms with Gasteiger partial charge >= 0.3 is 0 Å². The van der Waals surface area contributed by atoms with Gasteiger partial charge in [-0.15, -0.1) is 0 Å². The van der Waals surface area contributed by atoms with Crippen LogP contribution in [0.5, 0.6) is 0 Å². The molecule has 26 heavy (non-hydrogen) atoms. The molecule has 0 saturated heterocycles. The van der Waals surface area contributed by atoms with Crippen molar-refractivity contribution in [2.24, 2.45) is 0 Å². The number of aromatic nitrogens is 1. The second kappa shape index (κ2) is 7.98. The summed E-state index contributed by atoms with van der Waals surface area (Å²) in [4.78, 5) is 16.4. The van der Waals surface area contributed by atoms with Crippen LogP contribution < -0.4 is 10.6 Å². The minimum absolute atomic E-state index is 0.0731. The highest BCUT2D eigenvalue weighted by atomic mass is 127. The highest BCUT2D eigenvalue weighted by molar-refractivity contribution is 14.1. The molecule has 2 aromatic heterocycles. The van der Waals surface area contributed by atoms with Crippen LogP contribution in [0.15, 0.2) is 41.1 Å². The first-order valence-corrected chi connectivity index (χ1v) is 8.73. The smallest absolute Gasteiger partial charge is 0.289 e. The zero-order chi connectivity index (χ0) is 18.7. The van der Waals surface area contributed by atoms with Crippen LogP contribution >= 0.6 is 22.6 Å². The summed E-state index contributed by atoms with van der Waals surface area (Å²) < 4.78 is 20.5. The number of halogens is 2. The van der Waals surface area contributed by atoms with E-state index in [0.29, 0.717) is 11.0 Å². The molecule has 136 valence electrons. The van der Waals surface area contributed by atoms with Gasteiger partial charge in [-0.3, -0.25) is 9.78 Å². The fourth-order valence-electron chi connectivity index (χ4n) is 2.31. The Morgan fingerprint density at radius 2 is 2.19 bits per heavy atom. The van der Waals surface area contributed by atoms with Gasteiger partial charge in [0.05, 0.1) is 23.8 Å². The number of aliphatic hydroxyl groups is 2. The van der Waals surface area contributed by atoms with Crippen molar-refractivity contribution in [1.29, 1.82) is 0 Å². The van der Waals surface area contributed by atoms with Crippen molar-refractivity contribution in [2.45, 2.75) is 6.10 Å². The molecule has 0 aliphatic heterocycles. The largest absolute Gasteiger partial charge is 0.448 e. The van der Waals surface area contributed by atoms with E-state index in [0.717, 1.165) is 3.57 Å². The summed E-state index contributed by atoms with van der Waals surface area (Å²) in [6, 6.07) is 6.23. The predicted octanol–water partition coefficient (Wildman–Crippen LogP) is 2.40. The molecule has 0 bridgehead atoms. The summed E-state index contributed by atoms with van der Waals surface area (Å²) in [5.74, 6) is -1.16. The second-order valence-electron chi connectivity index (χ2n) is 5.47. The molecule has 1 amide bonds. The Hall–Kier alpha value is -2.24. The van der Waals surface area contributed by atoms with Crippen LogP contribution in [0.4, 0.5) is 15.8 Å². The van der Waals surface area contributed by atoms with Crippen molar-refractivity contribution in [1.82, 2.24) is 10.3 Å². The molecule has 2 heterocycles. The Labute approximate surface area is 161 Å². The number of pyridine rings is 1. The van der Waals surface area contributed by atoms with Crippen molar-refractivity contribution in [3.05, 3.63) is 51.8 Å². The van der Waals surface area contributed by atoms with Crippen LogP contribution in [0.1, 0.15) is 10.6 Å². The zero-order valence-corrected chi connectivity index (χ0v) is 15.5. The number of carbonyl (C=O) groups excluding carboxylic acids is 1. The average molecular weight is 471 g/mol. The van der Waals surface area contributed by atoms with Crippen LogP contribution in [0, 0.1) is 9.39 Å². The first-order chi connectivity index (χ1) is 12.5. The van der Waals surface area contributed by atoms with E-state index in [9.17, 15) is 14.3 Å². The lowest BCUT2D eigenvalue weighted by molar-refractivity contribution is 0.0786. The molecule has 0 spiro atoms. The lowest BCUT2D eigenvalue weighted by atomic mass is 10.2. The SMILES string of the molecule is O=C(NCC(O)CO)c1oc2ccncc2c1Nc1ccc(I)cc1F. The van der Waals surface area contributed by atoms with Gasteiger partial charge in [-0.1, -0.05) is 0 Å². The van der Waals surface area contributed by atoms with Crippen LogP contribution in [0.3, 0.4) is 0 Å². The van der Waals surface area contributed by atoms with E-state index in [4.69, 9.17) is 9.52 Å². The predicted molar refractivity (Wildman–Crippen MR) is 102 cm³/mol. The normalized spacial score (nSPS) is 12.2. The molecule has 3 rings (SSSR count). The first kappa shape index (κ1) is 18.5. The summed E-state index contributed by atoms with van der Waals surface area (Å²) in [5.41, 5.74) is 0.854. The van der Waals surface area contributed by atoms with Crippen LogP contribution in [-0.2, 0) is 0 Å². The van der Waals surface area contributed by atoms with Crippen molar-refractivity contribution in [2.75, 3.05) is 18.5 Å². The van der Waals surface area contributed by atoms with E-state index in [1.54, 1.807) is 18.2 Å². The Morgan fingerprint density at radius 3 is 2.92 bits per heavy atom. The van der Waals surface area contributed by atoms with Crippen molar-refractivity contribution >= 4 is 50.8 Å². The number of hydrogen-bond acceptors (Lipinski definition) is 6. The molecule has 1 atom stereocenters. The lowest BCUT2D eigenvalue weighted by Gasteiger charge is -2.10. The van der Waals surface area contributed by atoms with E-state index in [1.165, 1.54) is 18.5 Å². The number of fused-ring (bicyclic) bond motifs is 1. The Balaban J connectivity index is 1.98. The number of furan rings is 1. The molecular formula is C17H15FIN3O4. The van der Waals surface area contributed by atoms with Gasteiger partial charge in [-0.25, -0.2) is 4.39 Å². The summed E-state index contributed by atoms with van der Waals surface area (Å²) in [7, 11) is 0. The number of nitrogens with one attached hydrogen (secondary N) is 2. The third kappa shape index (κ3) is 3.94. The molecule has 1 aromatic carbocycles. The number of aliphatic hydroxyl groups excluding tert-OH is 2.